The molecule has 0 saturated carbocycles. The zero-order chi connectivity index (χ0) is 12.3. The van der Waals surface area contributed by atoms with Gasteiger partial charge in [-0.15, -0.1) is 0 Å². The minimum Gasteiger partial charge on any atom is -0.444 e. The van der Waals surface area contributed by atoms with Crippen molar-refractivity contribution in [2.45, 2.75) is 45.4 Å². The van der Waals surface area contributed by atoms with Crippen molar-refractivity contribution < 1.29 is 14.3 Å². The smallest absolute Gasteiger partial charge is 0.410 e. The van der Waals surface area contributed by atoms with Gasteiger partial charge in [0, 0.05) is 0 Å². The van der Waals surface area contributed by atoms with Crippen LogP contribution < -0.4 is 0 Å². The topological polar surface area (TPSA) is 62.6 Å². The summed E-state index contributed by atoms with van der Waals surface area (Å²) in [5.41, 5.74) is -0.517. The van der Waals surface area contributed by atoms with E-state index < -0.39 is 11.7 Å². The van der Waals surface area contributed by atoms with Crippen molar-refractivity contribution in [2.24, 2.45) is 0 Å². The van der Waals surface area contributed by atoms with Crippen LogP contribution in [0.25, 0.3) is 0 Å². The molecule has 0 aliphatic carbocycles. The molecule has 2 atom stereocenters. The maximum Gasteiger partial charge on any atom is 0.410 e. The third kappa shape index (κ3) is 3.38. The van der Waals surface area contributed by atoms with E-state index in [0.29, 0.717) is 6.61 Å². The van der Waals surface area contributed by atoms with Gasteiger partial charge in [0.1, 0.15) is 5.60 Å². The van der Waals surface area contributed by atoms with Gasteiger partial charge in [-0.1, -0.05) is 0 Å². The first kappa shape index (κ1) is 12.8. The number of ether oxygens (including phenoxy) is 2. The third-order valence-electron chi connectivity index (χ3n) is 2.21. The summed E-state index contributed by atoms with van der Waals surface area (Å²) in [7, 11) is 0. The molecule has 1 fully saturated rings. The molecule has 0 aromatic rings. The molecule has 16 heavy (non-hydrogen) atoms. The lowest BCUT2D eigenvalue weighted by Gasteiger charge is -2.36. The minimum atomic E-state index is -0.552. The molecule has 1 saturated heterocycles. The highest BCUT2D eigenvalue weighted by atomic mass is 16.6. The number of nitrogens with zero attached hydrogens (tertiary/aromatic N) is 2. The number of amides is 1. The van der Waals surface area contributed by atoms with Gasteiger partial charge in [-0.3, -0.25) is 4.90 Å². The fraction of sp³-hybridized carbons (Fsp3) is 0.818. The average molecular weight is 226 g/mol. The summed E-state index contributed by atoms with van der Waals surface area (Å²) in [6, 6.07) is 1.94. The van der Waals surface area contributed by atoms with Crippen LogP contribution in [-0.2, 0) is 9.47 Å². The molecule has 1 heterocycles. The predicted octanol–water partition coefficient (Wildman–Crippen LogP) is 1.53. The lowest BCUT2D eigenvalue weighted by molar-refractivity contribution is -0.0473. The van der Waals surface area contributed by atoms with Gasteiger partial charge < -0.3 is 9.47 Å². The van der Waals surface area contributed by atoms with E-state index in [9.17, 15) is 4.79 Å². The monoisotopic (exact) mass is 226 g/mol. The molecular weight excluding hydrogens is 208 g/mol. The van der Waals surface area contributed by atoms with Gasteiger partial charge in [-0.25, -0.2) is 4.79 Å². The number of nitriles is 1. The summed E-state index contributed by atoms with van der Waals surface area (Å²) >= 11 is 0. The van der Waals surface area contributed by atoms with Crippen molar-refractivity contribution in [1.29, 1.82) is 5.26 Å². The fourth-order valence-electron chi connectivity index (χ4n) is 1.41. The molecule has 0 bridgehead atoms. The largest absolute Gasteiger partial charge is 0.444 e. The Morgan fingerprint density at radius 1 is 1.56 bits per heavy atom. The molecule has 0 aromatic carbocycles. The standard InChI is InChI=1S/C11H18N2O3/c1-8-7-15-9(5-12)6-13(8)10(14)16-11(2,3)4/h8-9H,6-7H2,1-4H3/t8-,9?/m1/s1. The molecule has 5 heteroatoms. The SMILES string of the molecule is C[C@@H]1COC(C#N)CN1C(=O)OC(C)(C)C. The van der Waals surface area contributed by atoms with Crippen LogP contribution in [0.1, 0.15) is 27.7 Å². The highest BCUT2D eigenvalue weighted by Gasteiger charge is 2.32. The maximum absolute atomic E-state index is 11.8. The van der Waals surface area contributed by atoms with E-state index in [-0.39, 0.29) is 18.7 Å². The van der Waals surface area contributed by atoms with Crippen LogP contribution >= 0.6 is 0 Å². The number of carbonyl (C=O) groups is 1. The van der Waals surface area contributed by atoms with E-state index in [1.54, 1.807) is 4.90 Å². The van der Waals surface area contributed by atoms with Crippen molar-refractivity contribution in [3.8, 4) is 6.07 Å². The van der Waals surface area contributed by atoms with Crippen LogP contribution in [0.2, 0.25) is 0 Å². The van der Waals surface area contributed by atoms with E-state index >= 15 is 0 Å². The van der Waals surface area contributed by atoms with Gasteiger partial charge >= 0.3 is 6.09 Å². The van der Waals surface area contributed by atoms with Gasteiger partial charge in [-0.05, 0) is 27.7 Å². The van der Waals surface area contributed by atoms with Crippen molar-refractivity contribution in [1.82, 2.24) is 4.90 Å². The number of carbonyl (C=O) groups excluding carboxylic acids is 1. The van der Waals surface area contributed by atoms with E-state index in [1.807, 2.05) is 33.8 Å². The minimum absolute atomic E-state index is 0.0561. The van der Waals surface area contributed by atoms with Gasteiger partial charge in [0.2, 0.25) is 0 Å². The molecule has 0 radical (unpaired) electrons. The van der Waals surface area contributed by atoms with Crippen LogP contribution in [0.3, 0.4) is 0 Å². The number of hydrogen-bond donors (Lipinski definition) is 0. The number of morpholine rings is 1. The van der Waals surface area contributed by atoms with Crippen LogP contribution in [0.15, 0.2) is 0 Å². The molecule has 5 nitrogen and oxygen atoms in total. The molecule has 0 aromatic heterocycles. The van der Waals surface area contributed by atoms with Crippen LogP contribution in [-0.4, -0.2) is 41.9 Å². The van der Waals surface area contributed by atoms with E-state index in [0.717, 1.165) is 0 Å². The Morgan fingerprint density at radius 2 is 2.19 bits per heavy atom. The predicted molar refractivity (Wildman–Crippen MR) is 57.8 cm³/mol. The molecule has 1 unspecified atom stereocenters. The molecule has 1 rings (SSSR count). The summed E-state index contributed by atoms with van der Waals surface area (Å²) in [5, 5.41) is 8.76. The molecule has 0 spiro atoms. The van der Waals surface area contributed by atoms with E-state index in [4.69, 9.17) is 14.7 Å². The first-order chi connectivity index (χ1) is 7.33. The summed E-state index contributed by atoms with van der Waals surface area (Å²) < 4.78 is 10.5. The molecule has 90 valence electrons. The Hall–Kier alpha value is -1.28. The van der Waals surface area contributed by atoms with Crippen LogP contribution in [0.4, 0.5) is 4.79 Å². The lowest BCUT2D eigenvalue weighted by atomic mass is 10.2. The van der Waals surface area contributed by atoms with Crippen molar-refractivity contribution >= 4 is 6.09 Å². The summed E-state index contributed by atoms with van der Waals surface area (Å²) in [6.45, 7) is 7.97. The van der Waals surface area contributed by atoms with Crippen molar-refractivity contribution in [3.05, 3.63) is 0 Å². The van der Waals surface area contributed by atoms with Crippen molar-refractivity contribution in [2.75, 3.05) is 13.2 Å². The van der Waals surface area contributed by atoms with Gasteiger partial charge in [-0.2, -0.15) is 5.26 Å². The normalized spacial score (nSPS) is 26.1. The van der Waals surface area contributed by atoms with Crippen LogP contribution in [0.5, 0.6) is 0 Å². The Bertz CT molecular complexity index is 303. The molecule has 1 aliphatic heterocycles. The maximum atomic E-state index is 11.8. The zero-order valence-corrected chi connectivity index (χ0v) is 10.2. The number of hydrogen-bond acceptors (Lipinski definition) is 4. The van der Waals surface area contributed by atoms with Gasteiger partial charge in [0.05, 0.1) is 25.3 Å². The Kier molecular flexibility index (Phi) is 3.76. The first-order valence-electron chi connectivity index (χ1n) is 5.34. The second-order valence-electron chi connectivity index (χ2n) is 4.93. The lowest BCUT2D eigenvalue weighted by Crippen LogP contribution is -2.52. The van der Waals surface area contributed by atoms with Gasteiger partial charge in [0.25, 0.3) is 0 Å². The molecular formula is C11H18N2O3. The second kappa shape index (κ2) is 4.71. The Labute approximate surface area is 95.9 Å². The van der Waals surface area contributed by atoms with E-state index in [2.05, 4.69) is 0 Å². The van der Waals surface area contributed by atoms with Gasteiger partial charge in [0.15, 0.2) is 6.10 Å². The molecule has 0 N–H and O–H groups in total. The quantitative estimate of drug-likeness (QED) is 0.628. The summed E-state index contributed by atoms with van der Waals surface area (Å²) in [4.78, 5) is 13.4. The highest BCUT2D eigenvalue weighted by molar-refractivity contribution is 5.68. The third-order valence-corrected chi connectivity index (χ3v) is 2.21. The first-order valence-corrected chi connectivity index (χ1v) is 5.34. The number of rotatable bonds is 0. The van der Waals surface area contributed by atoms with E-state index in [1.165, 1.54) is 0 Å². The Morgan fingerprint density at radius 3 is 2.69 bits per heavy atom. The average Bonchev–Trinajstić information content (AvgIpc) is 2.15. The summed E-state index contributed by atoms with van der Waals surface area (Å²) in [6.07, 6.45) is -0.938. The van der Waals surface area contributed by atoms with Crippen molar-refractivity contribution in [3.63, 3.8) is 0 Å². The molecule has 1 amide bonds. The second-order valence-corrected chi connectivity index (χ2v) is 4.93. The zero-order valence-electron chi connectivity index (χ0n) is 10.2. The Balaban J connectivity index is 2.63. The summed E-state index contributed by atoms with van der Waals surface area (Å²) in [5.74, 6) is 0. The van der Waals surface area contributed by atoms with Crippen LogP contribution in [0, 0.1) is 11.3 Å². The highest BCUT2D eigenvalue weighted by Crippen LogP contribution is 2.16. The molecule has 1 aliphatic rings. The fourth-order valence-corrected chi connectivity index (χ4v) is 1.41.